The molecule has 0 aliphatic heterocycles. The van der Waals surface area contributed by atoms with Crippen molar-refractivity contribution in [1.29, 1.82) is 5.26 Å². The fourth-order valence-corrected chi connectivity index (χ4v) is 10.6. The smallest absolute Gasteiger partial charge is 0.190 e. The summed E-state index contributed by atoms with van der Waals surface area (Å²) in [5.41, 5.74) is 18.2. The first kappa shape index (κ1) is 84.0. The molecule has 0 aliphatic carbocycles. The van der Waals surface area contributed by atoms with Crippen molar-refractivity contribution in [1.82, 2.24) is 0 Å². The fourth-order valence-electron chi connectivity index (χ4n) is 9.79. The van der Waals surface area contributed by atoms with Gasteiger partial charge < -0.3 is 0 Å². The highest BCUT2D eigenvalue weighted by molar-refractivity contribution is 6.31. The second kappa shape index (κ2) is 41.6. The Morgan fingerprint density at radius 2 is 0.500 bits per heavy atom. The highest BCUT2D eigenvalue weighted by Gasteiger charge is 2.14. The highest BCUT2D eigenvalue weighted by Crippen LogP contribution is 2.33. The minimum atomic E-state index is -0.0683. The lowest BCUT2D eigenvalue weighted by Gasteiger charge is -2.11. The first-order valence-corrected chi connectivity index (χ1v) is 34.9. The van der Waals surface area contributed by atoms with Crippen molar-refractivity contribution in [2.45, 2.75) is 277 Å². The lowest BCUT2D eigenvalue weighted by Crippen LogP contribution is -1.96. The van der Waals surface area contributed by atoms with Crippen molar-refractivity contribution in [2.75, 3.05) is 0 Å². The van der Waals surface area contributed by atoms with E-state index in [4.69, 9.17) is 35.0 Å². The van der Waals surface area contributed by atoms with Crippen LogP contribution in [-0.4, -0.2) is 0 Å². The van der Waals surface area contributed by atoms with Gasteiger partial charge in [-0.3, -0.25) is 0 Å². The van der Waals surface area contributed by atoms with E-state index in [9.17, 15) is 8.78 Å². The number of hydrogen-bond donors (Lipinski definition) is 0. The zero-order chi connectivity index (χ0) is 70.6. The molecule has 7 aromatic rings. The maximum Gasteiger partial charge on any atom is 0.190 e. The molecule has 0 radical (unpaired) electrons. The first-order valence-electron chi connectivity index (χ1n) is 34.1. The van der Waals surface area contributed by atoms with Crippen LogP contribution in [0.1, 0.15) is 360 Å². The molecule has 7 aromatic carbocycles. The normalized spacial score (nSPS) is 11.1. The lowest BCUT2D eigenvalue weighted by atomic mass is 9.93. The van der Waals surface area contributed by atoms with Crippen molar-refractivity contribution in [3.05, 3.63) is 250 Å². The number of benzene rings is 7. The fraction of sp³-hybridized carbons (Fsp3) is 0.488. The number of hydrogen-bond acceptors (Lipinski definition) is 1. The molecule has 2 nitrogen and oxygen atoms in total. The van der Waals surface area contributed by atoms with Gasteiger partial charge in [-0.1, -0.05) is 326 Å². The van der Waals surface area contributed by atoms with E-state index in [1.807, 2.05) is 64.1 Å². The van der Waals surface area contributed by atoms with Crippen molar-refractivity contribution in [3.63, 3.8) is 0 Å². The van der Waals surface area contributed by atoms with Crippen LogP contribution in [0, 0.1) is 29.5 Å². The lowest BCUT2D eigenvalue weighted by molar-refractivity contribution is 0.594. The van der Waals surface area contributed by atoms with E-state index in [0.717, 1.165) is 54.7 Å². The Balaban J connectivity index is 0.000000537. The average molecular weight is 1290 g/mol. The Kier molecular flexibility index (Phi) is 38.0. The van der Waals surface area contributed by atoms with Crippen LogP contribution in [-0.2, 0) is 0 Å². The van der Waals surface area contributed by atoms with E-state index in [0.29, 0.717) is 71.0 Å². The number of rotatable bonds is 14. The maximum atomic E-state index is 13.5. The SMILES string of the molecule is CC(C)c1ccc(C(C)C)c(C#N)c1.CC(C)c1ccc(C(C)C)c(Cl)c1.CC(C)c1ccc(C(C)C)c(Cl)c1.CC(C)c1ccc(C(C)C)c(F)c1.CC(C)c1ccc(C(C)C)c(F)c1.CC(C)c1ccc(C(C)C)cc1.[C-]#[N+]c1cc(C(C)C)ccc1C(C)C. The quantitative estimate of drug-likeness (QED) is 0.0998. The molecule has 0 atom stereocenters. The van der Waals surface area contributed by atoms with Crippen molar-refractivity contribution >= 4 is 28.9 Å². The Bertz CT molecular complexity index is 3010. The molecule has 0 saturated carbocycles. The van der Waals surface area contributed by atoms with Gasteiger partial charge in [0.2, 0.25) is 0 Å². The predicted octanol–water partition coefficient (Wildman–Crippen LogP) is 29.5. The summed E-state index contributed by atoms with van der Waals surface area (Å²) in [4.78, 5) is 3.58. The van der Waals surface area contributed by atoms with Gasteiger partial charge in [-0.25, -0.2) is 13.6 Å². The molecule has 92 heavy (non-hydrogen) atoms. The van der Waals surface area contributed by atoms with Crippen LogP contribution in [0.2, 0.25) is 10.0 Å². The Morgan fingerprint density at radius 3 is 0.728 bits per heavy atom. The summed E-state index contributed by atoms with van der Waals surface area (Å²) in [5.74, 6) is 6.44. The Labute approximate surface area is 572 Å². The number of nitrogens with zero attached hydrogens (tertiary/aromatic N) is 2. The summed E-state index contributed by atoms with van der Waals surface area (Å²) in [7, 11) is 0. The van der Waals surface area contributed by atoms with Gasteiger partial charge >= 0.3 is 0 Å². The molecule has 0 bridgehead atoms. The standard InChI is InChI=1S/2C13H17N.2C12H17Cl.2C12H17F.C12H18/c1-9(2)11-6-7-12(10(3)4)13(8-11)14-5;1-9(2)11-5-6-13(10(3)4)12(7-11)8-14;4*1-8(2)10-5-6-11(9(3)4)12(13)7-10;1-9(2)11-5-7-12(8-6-11)10(3)4/h6-10H,1-4H3;5-7,9-10H,1-4H3;4*5-9H,1-4H3;5-10H,1-4H3. The number of nitriles is 1. The van der Waals surface area contributed by atoms with Crippen LogP contribution in [0.25, 0.3) is 4.85 Å². The van der Waals surface area contributed by atoms with E-state index in [1.165, 1.54) is 44.5 Å². The van der Waals surface area contributed by atoms with Gasteiger partial charge in [0.15, 0.2) is 5.69 Å². The van der Waals surface area contributed by atoms with E-state index in [1.54, 1.807) is 12.1 Å². The molecular formula is C86H120Cl2F2N2. The van der Waals surface area contributed by atoms with Crippen LogP contribution >= 0.6 is 23.2 Å². The van der Waals surface area contributed by atoms with Gasteiger partial charge in [0.1, 0.15) is 11.6 Å². The summed E-state index contributed by atoms with van der Waals surface area (Å²) >= 11 is 12.3. The third kappa shape index (κ3) is 28.7. The average Bonchev–Trinajstić information content (AvgIpc) is 1.80. The van der Waals surface area contributed by atoms with Gasteiger partial charge in [0, 0.05) is 10.0 Å². The maximum absolute atomic E-state index is 13.5. The molecule has 0 N–H and O–H groups in total. The van der Waals surface area contributed by atoms with Crippen LogP contribution in [0.3, 0.4) is 0 Å². The third-order valence-corrected chi connectivity index (χ3v) is 17.1. The second-order valence-corrected chi connectivity index (χ2v) is 29.7. The van der Waals surface area contributed by atoms with Crippen LogP contribution < -0.4 is 0 Å². The molecule has 0 unspecified atom stereocenters. The Hall–Kier alpha value is -6.04. The molecule has 6 heteroatoms. The van der Waals surface area contributed by atoms with Gasteiger partial charge in [0.25, 0.3) is 0 Å². The summed E-state index contributed by atoms with van der Waals surface area (Å²) < 4.78 is 26.9. The molecule has 502 valence electrons. The third-order valence-electron chi connectivity index (χ3n) is 16.5. The largest absolute Gasteiger partial charge is 0.238 e. The number of halogens is 4. The molecule has 7 rings (SSSR count). The minimum Gasteiger partial charge on any atom is -0.238 e. The van der Waals surface area contributed by atoms with Gasteiger partial charge in [-0.15, -0.1) is 0 Å². The summed E-state index contributed by atoms with van der Waals surface area (Å²) in [6.45, 7) is 66.8. The van der Waals surface area contributed by atoms with E-state index in [-0.39, 0.29) is 23.5 Å². The summed E-state index contributed by atoms with van der Waals surface area (Å²) in [5, 5.41) is 10.8. The summed E-state index contributed by atoms with van der Waals surface area (Å²) in [6, 6.07) is 47.6. The molecule has 0 saturated heterocycles. The highest BCUT2D eigenvalue weighted by atomic mass is 35.5. The molecule has 0 fully saturated rings. The Morgan fingerprint density at radius 1 is 0.283 bits per heavy atom. The molecule has 0 aromatic heterocycles. The molecule has 0 spiro atoms. The van der Waals surface area contributed by atoms with E-state index in [2.05, 4.69) is 262 Å². The van der Waals surface area contributed by atoms with Crippen LogP contribution in [0.4, 0.5) is 14.5 Å². The van der Waals surface area contributed by atoms with Gasteiger partial charge in [-0.05, 0) is 186 Å². The van der Waals surface area contributed by atoms with Crippen molar-refractivity contribution in [2.24, 2.45) is 0 Å². The first-order chi connectivity index (χ1) is 42.8. The van der Waals surface area contributed by atoms with Gasteiger partial charge in [-0.2, -0.15) is 5.26 Å². The van der Waals surface area contributed by atoms with E-state index < -0.39 is 0 Å². The zero-order valence-corrected chi connectivity index (χ0v) is 63.7. The molecule has 0 aliphatic rings. The predicted molar refractivity (Wildman–Crippen MR) is 403 cm³/mol. The van der Waals surface area contributed by atoms with Gasteiger partial charge in [0.05, 0.1) is 18.2 Å². The second-order valence-electron chi connectivity index (χ2n) is 28.8. The van der Waals surface area contributed by atoms with Crippen LogP contribution in [0.5, 0.6) is 0 Å². The van der Waals surface area contributed by atoms with Crippen molar-refractivity contribution < 1.29 is 8.78 Å². The zero-order valence-electron chi connectivity index (χ0n) is 62.2. The molecule has 0 amide bonds. The monoisotopic (exact) mass is 1290 g/mol. The van der Waals surface area contributed by atoms with E-state index >= 15 is 0 Å². The van der Waals surface area contributed by atoms with Crippen LogP contribution in [0.15, 0.2) is 133 Å². The molecule has 0 heterocycles. The minimum absolute atomic E-state index is 0.0683. The summed E-state index contributed by atoms with van der Waals surface area (Å²) in [6.07, 6.45) is 0. The van der Waals surface area contributed by atoms with Crippen molar-refractivity contribution in [3.8, 4) is 6.07 Å². The topological polar surface area (TPSA) is 28.1 Å². The molecular weight excluding hydrogens is 1170 g/mol.